The van der Waals surface area contributed by atoms with E-state index in [1.165, 1.54) is 17.8 Å². The SMILES string of the molecule is CN(C)c1nc2sc(C(=O)NCCC3CCNC3)cc2s1.Cl.Cl. The fraction of sp³-hybridized carbons (Fsp3) is 0.571. The van der Waals surface area contributed by atoms with Gasteiger partial charge < -0.3 is 15.5 Å². The molecule has 3 heterocycles. The number of anilines is 1. The molecule has 0 radical (unpaired) electrons. The molecule has 2 aromatic heterocycles. The first-order chi connectivity index (χ1) is 10.1. The van der Waals surface area contributed by atoms with E-state index in [9.17, 15) is 4.79 Å². The Morgan fingerprint density at radius 1 is 1.43 bits per heavy atom. The van der Waals surface area contributed by atoms with Crippen molar-refractivity contribution in [1.29, 1.82) is 0 Å². The van der Waals surface area contributed by atoms with Gasteiger partial charge in [-0.25, -0.2) is 4.98 Å². The predicted octanol–water partition coefficient (Wildman–Crippen LogP) is 3.00. The standard InChI is InChI=1S/C14H20N4OS2.2ClH/c1-18(2)14-17-13-11(21-14)7-10(20-13)12(19)16-6-4-9-3-5-15-8-9;;/h7,9,15H,3-6,8H2,1-2H3,(H,16,19);2*1H. The molecular formula is C14H22Cl2N4OS2. The zero-order valence-electron chi connectivity index (χ0n) is 13.1. The van der Waals surface area contributed by atoms with Gasteiger partial charge >= 0.3 is 0 Å². The second-order valence-corrected chi connectivity index (χ2v) is 7.61. The summed E-state index contributed by atoms with van der Waals surface area (Å²) in [5.41, 5.74) is 0. The molecule has 130 valence electrons. The van der Waals surface area contributed by atoms with E-state index in [4.69, 9.17) is 0 Å². The van der Waals surface area contributed by atoms with E-state index < -0.39 is 0 Å². The third kappa shape index (κ3) is 4.93. The van der Waals surface area contributed by atoms with Gasteiger partial charge in [-0.05, 0) is 37.9 Å². The minimum absolute atomic E-state index is 0. The highest BCUT2D eigenvalue weighted by Gasteiger charge is 2.16. The van der Waals surface area contributed by atoms with E-state index in [2.05, 4.69) is 15.6 Å². The molecular weight excluding hydrogens is 375 g/mol. The third-order valence-corrected chi connectivity index (χ3v) is 6.01. The van der Waals surface area contributed by atoms with Gasteiger partial charge in [0.15, 0.2) is 5.13 Å². The molecule has 0 saturated carbocycles. The topological polar surface area (TPSA) is 57.3 Å². The van der Waals surface area contributed by atoms with E-state index in [0.717, 1.165) is 45.6 Å². The molecule has 9 heteroatoms. The lowest BCUT2D eigenvalue weighted by atomic mass is 10.1. The van der Waals surface area contributed by atoms with Crippen molar-refractivity contribution in [3.05, 3.63) is 10.9 Å². The van der Waals surface area contributed by atoms with Crippen molar-refractivity contribution in [1.82, 2.24) is 15.6 Å². The first-order valence-corrected chi connectivity index (χ1v) is 8.83. The van der Waals surface area contributed by atoms with Crippen LogP contribution in [0.5, 0.6) is 0 Å². The lowest BCUT2D eigenvalue weighted by molar-refractivity contribution is 0.0956. The maximum atomic E-state index is 12.2. The average molecular weight is 397 g/mol. The maximum Gasteiger partial charge on any atom is 0.261 e. The minimum Gasteiger partial charge on any atom is -0.354 e. The van der Waals surface area contributed by atoms with Crippen LogP contribution in [0, 0.1) is 5.92 Å². The monoisotopic (exact) mass is 396 g/mol. The van der Waals surface area contributed by atoms with Crippen LogP contribution in [-0.2, 0) is 0 Å². The fourth-order valence-corrected chi connectivity index (χ4v) is 4.51. The highest BCUT2D eigenvalue weighted by Crippen LogP contribution is 2.33. The first-order valence-electron chi connectivity index (χ1n) is 7.20. The van der Waals surface area contributed by atoms with Crippen molar-refractivity contribution in [3.8, 4) is 0 Å². The number of thiazole rings is 1. The Bertz CT molecular complexity index is 606. The molecule has 0 aromatic carbocycles. The van der Waals surface area contributed by atoms with E-state index in [-0.39, 0.29) is 30.7 Å². The molecule has 3 rings (SSSR count). The highest BCUT2D eigenvalue weighted by molar-refractivity contribution is 7.29. The number of thiophene rings is 1. The molecule has 2 aromatic rings. The van der Waals surface area contributed by atoms with Gasteiger partial charge in [0.05, 0.1) is 9.58 Å². The molecule has 2 N–H and O–H groups in total. The molecule has 1 amide bonds. The summed E-state index contributed by atoms with van der Waals surface area (Å²) in [6, 6.07) is 1.96. The van der Waals surface area contributed by atoms with Crippen LogP contribution < -0.4 is 15.5 Å². The van der Waals surface area contributed by atoms with Gasteiger partial charge in [-0.15, -0.1) is 36.2 Å². The number of aromatic nitrogens is 1. The Morgan fingerprint density at radius 2 is 2.22 bits per heavy atom. The van der Waals surface area contributed by atoms with Crippen LogP contribution in [0.3, 0.4) is 0 Å². The van der Waals surface area contributed by atoms with Crippen molar-refractivity contribution < 1.29 is 4.79 Å². The molecule has 1 unspecified atom stereocenters. The molecule has 1 fully saturated rings. The summed E-state index contributed by atoms with van der Waals surface area (Å²) >= 11 is 3.10. The molecule has 1 saturated heterocycles. The van der Waals surface area contributed by atoms with Gasteiger partial charge in [0, 0.05) is 20.6 Å². The second kappa shape index (κ2) is 9.03. The fourth-order valence-electron chi connectivity index (χ4n) is 2.46. The number of nitrogens with zero attached hydrogens (tertiary/aromatic N) is 2. The van der Waals surface area contributed by atoms with E-state index in [1.807, 2.05) is 25.1 Å². The summed E-state index contributed by atoms with van der Waals surface area (Å²) < 4.78 is 1.09. The smallest absolute Gasteiger partial charge is 0.261 e. The Hall–Kier alpha value is -0.600. The first kappa shape index (κ1) is 20.4. The Kier molecular flexibility index (Phi) is 8.03. The van der Waals surface area contributed by atoms with Crippen molar-refractivity contribution >= 4 is 68.1 Å². The highest BCUT2D eigenvalue weighted by atomic mass is 35.5. The summed E-state index contributed by atoms with van der Waals surface area (Å²) in [6.07, 6.45) is 2.28. The molecule has 23 heavy (non-hydrogen) atoms. The van der Waals surface area contributed by atoms with Crippen LogP contribution in [0.2, 0.25) is 0 Å². The Labute approximate surface area is 156 Å². The average Bonchev–Trinajstić information content (AvgIpc) is 3.13. The zero-order chi connectivity index (χ0) is 14.8. The van der Waals surface area contributed by atoms with Gasteiger partial charge in [-0.2, -0.15) is 0 Å². The number of carbonyl (C=O) groups excluding carboxylic acids is 1. The van der Waals surface area contributed by atoms with Crippen LogP contribution in [-0.4, -0.2) is 44.6 Å². The Morgan fingerprint density at radius 3 is 2.83 bits per heavy atom. The lowest BCUT2D eigenvalue weighted by Crippen LogP contribution is -2.25. The number of halogens is 2. The lowest BCUT2D eigenvalue weighted by Gasteiger charge is -2.08. The quantitative estimate of drug-likeness (QED) is 0.815. The van der Waals surface area contributed by atoms with Crippen molar-refractivity contribution in [3.63, 3.8) is 0 Å². The maximum absolute atomic E-state index is 12.2. The van der Waals surface area contributed by atoms with Crippen LogP contribution in [0.4, 0.5) is 5.13 Å². The normalized spacial score (nSPS) is 16.7. The van der Waals surface area contributed by atoms with Crippen molar-refractivity contribution in [2.75, 3.05) is 38.6 Å². The Balaban J connectivity index is 0.00000132. The summed E-state index contributed by atoms with van der Waals surface area (Å²) in [7, 11) is 3.96. The largest absolute Gasteiger partial charge is 0.354 e. The molecule has 5 nitrogen and oxygen atoms in total. The van der Waals surface area contributed by atoms with E-state index >= 15 is 0 Å². The number of fused-ring (bicyclic) bond motifs is 1. The molecule has 0 bridgehead atoms. The summed E-state index contributed by atoms with van der Waals surface area (Å²) in [6.45, 7) is 2.95. The molecule has 1 atom stereocenters. The number of amides is 1. The van der Waals surface area contributed by atoms with Gasteiger partial charge in [-0.1, -0.05) is 11.3 Å². The summed E-state index contributed by atoms with van der Waals surface area (Å²) in [5, 5.41) is 7.36. The molecule has 1 aliphatic rings. The summed E-state index contributed by atoms with van der Waals surface area (Å²) in [5.74, 6) is 0.740. The number of hydrogen-bond donors (Lipinski definition) is 2. The van der Waals surface area contributed by atoms with Gasteiger partial charge in [-0.3, -0.25) is 4.79 Å². The number of hydrogen-bond acceptors (Lipinski definition) is 6. The number of nitrogens with one attached hydrogen (secondary N) is 2. The summed E-state index contributed by atoms with van der Waals surface area (Å²) in [4.78, 5) is 20.4. The van der Waals surface area contributed by atoms with Gasteiger partial charge in [0.2, 0.25) is 0 Å². The zero-order valence-corrected chi connectivity index (χ0v) is 16.4. The second-order valence-electron chi connectivity index (χ2n) is 5.57. The van der Waals surface area contributed by atoms with Gasteiger partial charge in [0.1, 0.15) is 4.83 Å². The molecule has 1 aliphatic heterocycles. The van der Waals surface area contributed by atoms with E-state index in [1.54, 1.807) is 11.3 Å². The van der Waals surface area contributed by atoms with Crippen molar-refractivity contribution in [2.24, 2.45) is 5.92 Å². The van der Waals surface area contributed by atoms with Crippen molar-refractivity contribution in [2.45, 2.75) is 12.8 Å². The third-order valence-electron chi connectivity index (χ3n) is 3.68. The molecule has 0 aliphatic carbocycles. The predicted molar refractivity (Wildman–Crippen MR) is 104 cm³/mol. The van der Waals surface area contributed by atoms with Crippen LogP contribution in [0.1, 0.15) is 22.5 Å². The van der Waals surface area contributed by atoms with Crippen LogP contribution in [0.15, 0.2) is 6.07 Å². The number of rotatable bonds is 5. The molecule has 0 spiro atoms. The number of carbonyl (C=O) groups is 1. The van der Waals surface area contributed by atoms with Crippen LogP contribution >= 0.6 is 47.5 Å². The van der Waals surface area contributed by atoms with E-state index in [0.29, 0.717) is 5.92 Å². The van der Waals surface area contributed by atoms with Gasteiger partial charge in [0.25, 0.3) is 5.91 Å². The minimum atomic E-state index is 0. The van der Waals surface area contributed by atoms with Crippen LogP contribution in [0.25, 0.3) is 9.53 Å².